The second-order valence-corrected chi connectivity index (χ2v) is 16.6. The summed E-state index contributed by atoms with van der Waals surface area (Å²) in [5.41, 5.74) is 18.0. The molecule has 7 aromatic rings. The summed E-state index contributed by atoms with van der Waals surface area (Å²) in [6.07, 6.45) is 0. The van der Waals surface area contributed by atoms with Crippen molar-refractivity contribution in [1.29, 1.82) is 0 Å². The Morgan fingerprint density at radius 1 is 0.333 bits per heavy atom. The monoisotopic (exact) mass is 654 g/mol. The fourth-order valence-electron chi connectivity index (χ4n) is 8.66. The lowest BCUT2D eigenvalue weighted by Crippen LogP contribution is -2.30. The molecule has 0 saturated heterocycles. The molecule has 0 radical (unpaired) electrons. The van der Waals surface area contributed by atoms with Gasteiger partial charge in [0, 0.05) is 19.5 Å². The van der Waals surface area contributed by atoms with Crippen LogP contribution in [-0.2, 0) is 10.8 Å². The van der Waals surface area contributed by atoms with Crippen molar-refractivity contribution in [2.45, 2.75) is 52.4 Å². The molecule has 0 fully saturated rings. The predicted molar refractivity (Wildman–Crippen MR) is 205 cm³/mol. The zero-order valence-corrected chi connectivity index (χ0v) is 30.0. The maximum Gasteiger partial charge on any atom is 0.0722 e. The number of fused-ring (bicyclic) bond motifs is 6. The van der Waals surface area contributed by atoms with Gasteiger partial charge in [0.05, 0.1) is 10.8 Å². The molecule has 0 amide bonds. The van der Waals surface area contributed by atoms with Gasteiger partial charge in [0.2, 0.25) is 0 Å². The van der Waals surface area contributed by atoms with Gasteiger partial charge in [0.15, 0.2) is 0 Å². The average Bonchev–Trinajstić information content (AvgIpc) is 3.79. The third-order valence-electron chi connectivity index (χ3n) is 10.9. The Morgan fingerprint density at radius 2 is 0.604 bits per heavy atom. The Morgan fingerprint density at radius 3 is 0.875 bits per heavy atom. The molecule has 234 valence electrons. The zero-order valence-electron chi connectivity index (χ0n) is 28.4. The second-order valence-electron chi connectivity index (χ2n) is 14.1. The van der Waals surface area contributed by atoms with E-state index in [-0.39, 0.29) is 0 Å². The van der Waals surface area contributed by atoms with Crippen molar-refractivity contribution in [3.8, 4) is 20.9 Å². The van der Waals surface area contributed by atoms with Crippen LogP contribution in [0.25, 0.3) is 20.9 Å². The summed E-state index contributed by atoms with van der Waals surface area (Å²) in [6.45, 7) is 13.3. The lowest BCUT2D eigenvalue weighted by molar-refractivity contribution is 0.759. The van der Waals surface area contributed by atoms with E-state index in [0.717, 1.165) is 0 Å². The van der Waals surface area contributed by atoms with Crippen LogP contribution in [0.4, 0.5) is 0 Å². The first-order chi connectivity index (χ1) is 23.2. The topological polar surface area (TPSA) is 0 Å². The standard InChI is InChI=1S/C46H38S2/c1-27-7-15-33(16-8-27)45(34-17-9-28(2)10-18-34)39-25-38-40(26-37(39)43-41(45)23-31(5)47-43)46(35-19-11-29(3)12-20-35,36-21-13-30(4)14-22-36)42-24-32(6)48-44(38)42/h7-26H,1-6H3. The maximum atomic E-state index is 2.60. The second kappa shape index (κ2) is 10.5. The minimum absolute atomic E-state index is 0.405. The van der Waals surface area contributed by atoms with Gasteiger partial charge in [-0.15, -0.1) is 22.7 Å². The summed E-state index contributed by atoms with van der Waals surface area (Å²) in [6, 6.07) is 47.4. The molecule has 2 heteroatoms. The van der Waals surface area contributed by atoms with Crippen molar-refractivity contribution in [2.75, 3.05) is 0 Å². The summed E-state index contributed by atoms with van der Waals surface area (Å²) in [5, 5.41) is 0. The van der Waals surface area contributed by atoms with Gasteiger partial charge in [-0.3, -0.25) is 0 Å². The van der Waals surface area contributed by atoms with Gasteiger partial charge in [-0.1, -0.05) is 119 Å². The number of thiophene rings is 2. The maximum absolute atomic E-state index is 2.60. The lowest BCUT2D eigenvalue weighted by Gasteiger charge is -2.35. The van der Waals surface area contributed by atoms with Gasteiger partial charge < -0.3 is 0 Å². The summed E-state index contributed by atoms with van der Waals surface area (Å²) >= 11 is 3.90. The van der Waals surface area contributed by atoms with Crippen LogP contribution >= 0.6 is 22.7 Å². The Kier molecular flexibility index (Phi) is 6.48. The summed E-state index contributed by atoms with van der Waals surface area (Å²) < 4.78 is 0. The molecule has 2 aromatic heterocycles. The molecular formula is C46H38S2. The molecule has 0 aliphatic heterocycles. The lowest BCUT2D eigenvalue weighted by atomic mass is 9.65. The number of hydrogen-bond donors (Lipinski definition) is 0. The van der Waals surface area contributed by atoms with Crippen LogP contribution in [0.5, 0.6) is 0 Å². The first-order valence-corrected chi connectivity index (χ1v) is 18.5. The number of aryl methyl sites for hydroxylation is 6. The first-order valence-electron chi connectivity index (χ1n) is 16.9. The average molecular weight is 655 g/mol. The number of hydrogen-bond acceptors (Lipinski definition) is 2. The van der Waals surface area contributed by atoms with Crippen LogP contribution in [0.3, 0.4) is 0 Å². The normalized spacial score (nSPS) is 14.8. The predicted octanol–water partition coefficient (Wildman–Crippen LogP) is 12.4. The summed E-state index contributed by atoms with van der Waals surface area (Å²) in [7, 11) is 0. The molecule has 5 aromatic carbocycles. The zero-order chi connectivity index (χ0) is 32.9. The SMILES string of the molecule is Cc1ccc(C2(c3ccc(C)cc3)c3cc4c(cc3-c3sc(C)cc32)C(c2ccc(C)cc2)(c2ccc(C)cc2)c2cc(C)sc2-4)cc1. The fraction of sp³-hybridized carbons (Fsp3) is 0.174. The highest BCUT2D eigenvalue weighted by Crippen LogP contribution is 2.64. The van der Waals surface area contributed by atoms with Crippen LogP contribution < -0.4 is 0 Å². The summed E-state index contributed by atoms with van der Waals surface area (Å²) in [5.74, 6) is 0. The Bertz CT molecular complexity index is 2100. The highest BCUT2D eigenvalue weighted by Gasteiger charge is 2.52. The van der Waals surface area contributed by atoms with Crippen LogP contribution in [0, 0.1) is 41.5 Å². The first kappa shape index (κ1) is 29.6. The minimum atomic E-state index is -0.405. The van der Waals surface area contributed by atoms with Crippen molar-refractivity contribution >= 4 is 22.7 Å². The molecule has 2 aliphatic rings. The fourth-order valence-corrected chi connectivity index (χ4v) is 10.9. The van der Waals surface area contributed by atoms with E-state index in [2.05, 4.69) is 163 Å². The molecule has 0 unspecified atom stereocenters. The molecule has 9 rings (SSSR count). The molecule has 2 aliphatic carbocycles. The van der Waals surface area contributed by atoms with Gasteiger partial charge >= 0.3 is 0 Å². The van der Waals surface area contributed by atoms with E-state index >= 15 is 0 Å². The molecule has 0 saturated carbocycles. The molecule has 0 nitrogen and oxygen atoms in total. The third-order valence-corrected chi connectivity index (χ3v) is 13.1. The van der Waals surface area contributed by atoms with Gasteiger partial charge in [-0.2, -0.15) is 0 Å². The van der Waals surface area contributed by atoms with E-state index in [4.69, 9.17) is 0 Å². The smallest absolute Gasteiger partial charge is 0.0722 e. The van der Waals surface area contributed by atoms with Crippen molar-refractivity contribution in [2.24, 2.45) is 0 Å². The van der Waals surface area contributed by atoms with Crippen molar-refractivity contribution < 1.29 is 0 Å². The van der Waals surface area contributed by atoms with Crippen molar-refractivity contribution in [3.05, 3.63) is 198 Å². The van der Waals surface area contributed by atoms with Gasteiger partial charge in [0.1, 0.15) is 0 Å². The van der Waals surface area contributed by atoms with Crippen molar-refractivity contribution in [3.63, 3.8) is 0 Å². The van der Waals surface area contributed by atoms with Gasteiger partial charge in [0.25, 0.3) is 0 Å². The van der Waals surface area contributed by atoms with Crippen molar-refractivity contribution in [1.82, 2.24) is 0 Å². The Labute approximate surface area is 292 Å². The molecular weight excluding hydrogens is 617 g/mol. The number of rotatable bonds is 4. The molecule has 0 spiro atoms. The Balaban J connectivity index is 1.44. The minimum Gasteiger partial charge on any atom is -0.140 e. The highest BCUT2D eigenvalue weighted by atomic mass is 32.1. The van der Waals surface area contributed by atoms with Crippen LogP contribution in [0.2, 0.25) is 0 Å². The van der Waals surface area contributed by atoms with E-state index < -0.39 is 10.8 Å². The summed E-state index contributed by atoms with van der Waals surface area (Å²) in [4.78, 5) is 5.51. The Hall–Kier alpha value is -4.50. The number of benzene rings is 5. The molecule has 0 N–H and O–H groups in total. The largest absolute Gasteiger partial charge is 0.140 e. The van der Waals surface area contributed by atoms with E-state index in [1.165, 1.54) is 97.4 Å². The van der Waals surface area contributed by atoms with Crippen LogP contribution in [0.15, 0.2) is 121 Å². The third kappa shape index (κ3) is 3.94. The van der Waals surface area contributed by atoms with Crippen LogP contribution in [0.1, 0.15) is 76.5 Å². The molecule has 48 heavy (non-hydrogen) atoms. The van der Waals surface area contributed by atoms with E-state index in [0.29, 0.717) is 0 Å². The van der Waals surface area contributed by atoms with Gasteiger partial charge in [-0.25, -0.2) is 0 Å². The van der Waals surface area contributed by atoms with Crippen LogP contribution in [-0.4, -0.2) is 0 Å². The van der Waals surface area contributed by atoms with E-state index in [1.807, 2.05) is 22.7 Å². The van der Waals surface area contributed by atoms with Gasteiger partial charge in [-0.05, 0) is 121 Å². The quantitative estimate of drug-likeness (QED) is 0.177. The molecule has 0 bridgehead atoms. The van der Waals surface area contributed by atoms with E-state index in [9.17, 15) is 0 Å². The highest BCUT2D eigenvalue weighted by molar-refractivity contribution is 7.16. The van der Waals surface area contributed by atoms with E-state index in [1.54, 1.807) is 0 Å². The molecule has 0 atom stereocenters. The molecule has 2 heterocycles.